The third-order valence-electron chi connectivity index (χ3n) is 10.3. The summed E-state index contributed by atoms with van der Waals surface area (Å²) in [5.41, 5.74) is -0.584. The van der Waals surface area contributed by atoms with Crippen molar-refractivity contribution in [2.45, 2.75) is 83.8 Å². The molecule has 174 valence electrons. The van der Waals surface area contributed by atoms with Crippen molar-refractivity contribution in [3.05, 3.63) is 12.4 Å². The lowest BCUT2D eigenvalue weighted by Crippen LogP contribution is -2.56. The van der Waals surface area contributed by atoms with Crippen LogP contribution in [0.2, 0.25) is 0 Å². The Kier molecular flexibility index (Phi) is 5.49. The van der Waals surface area contributed by atoms with Crippen LogP contribution in [0.3, 0.4) is 0 Å². The molecule has 4 fully saturated rings. The van der Waals surface area contributed by atoms with Crippen LogP contribution in [-0.4, -0.2) is 43.2 Å². The molecule has 0 aliphatic heterocycles. The van der Waals surface area contributed by atoms with E-state index in [1.165, 1.54) is 12.8 Å². The zero-order valence-corrected chi connectivity index (χ0v) is 19.5. The zero-order valence-electron chi connectivity index (χ0n) is 19.5. The molecule has 8 atom stereocenters. The second-order valence-electron chi connectivity index (χ2n) is 11.6. The number of hydrogen-bond donors (Lipinski definition) is 2. The molecule has 4 aliphatic rings. The summed E-state index contributed by atoms with van der Waals surface area (Å²) in [5, 5.41) is 27.9. The molecule has 0 unspecified atom stereocenters. The van der Waals surface area contributed by atoms with E-state index in [1.54, 1.807) is 17.1 Å². The fourth-order valence-corrected chi connectivity index (χ4v) is 8.68. The Labute approximate surface area is 191 Å². The molecule has 4 aliphatic carbocycles. The minimum absolute atomic E-state index is 0.101. The largest absolute Gasteiger partial charge is 0.384 e. The molecular weight excluding hydrogens is 402 g/mol. The molecule has 6 heteroatoms. The first-order chi connectivity index (χ1) is 15.3. The molecule has 0 aromatic carbocycles. The van der Waals surface area contributed by atoms with Crippen LogP contribution in [0.1, 0.15) is 71.6 Å². The topological polar surface area (TPSA) is 88.2 Å². The van der Waals surface area contributed by atoms with E-state index in [0.29, 0.717) is 42.4 Å². The summed E-state index contributed by atoms with van der Waals surface area (Å²) in [7, 11) is 0. The van der Waals surface area contributed by atoms with Crippen molar-refractivity contribution in [2.75, 3.05) is 6.61 Å². The van der Waals surface area contributed by atoms with E-state index in [9.17, 15) is 9.90 Å². The highest BCUT2D eigenvalue weighted by atomic mass is 16.3. The monoisotopic (exact) mass is 439 g/mol. The minimum atomic E-state index is -0.935. The van der Waals surface area contributed by atoms with Crippen LogP contribution in [0.4, 0.5) is 0 Å². The maximum Gasteiger partial charge on any atom is 0.157 e. The summed E-state index contributed by atoms with van der Waals surface area (Å²) in [5.74, 6) is 8.60. The lowest BCUT2D eigenvalue weighted by molar-refractivity contribution is -0.145. The lowest BCUT2D eigenvalue weighted by Gasteiger charge is -2.61. The molecule has 6 nitrogen and oxygen atoms in total. The molecule has 0 bridgehead atoms. The number of nitrogens with zero attached hydrogens (tertiary/aromatic N) is 3. The second kappa shape index (κ2) is 7.95. The van der Waals surface area contributed by atoms with Crippen LogP contribution in [-0.2, 0) is 11.3 Å². The summed E-state index contributed by atoms with van der Waals surface area (Å²) < 4.78 is 1.67. The molecular formula is C26H37N3O3. The van der Waals surface area contributed by atoms with Gasteiger partial charge in [-0.15, -0.1) is 5.10 Å². The molecule has 32 heavy (non-hydrogen) atoms. The second-order valence-corrected chi connectivity index (χ2v) is 11.6. The smallest absolute Gasteiger partial charge is 0.157 e. The highest BCUT2D eigenvalue weighted by molar-refractivity contribution is 5.82. The Morgan fingerprint density at radius 2 is 1.91 bits per heavy atom. The molecule has 2 N–H and O–H groups in total. The van der Waals surface area contributed by atoms with Gasteiger partial charge in [-0.3, -0.25) is 4.79 Å². The van der Waals surface area contributed by atoms with Crippen molar-refractivity contribution >= 4 is 5.78 Å². The van der Waals surface area contributed by atoms with Gasteiger partial charge in [-0.05, 0) is 92.3 Å². The van der Waals surface area contributed by atoms with Gasteiger partial charge in [0.15, 0.2) is 5.78 Å². The average Bonchev–Trinajstić information content (AvgIpc) is 3.40. The van der Waals surface area contributed by atoms with Crippen molar-refractivity contribution < 1.29 is 15.0 Å². The Morgan fingerprint density at radius 1 is 1.09 bits per heavy atom. The zero-order chi connectivity index (χ0) is 22.6. The van der Waals surface area contributed by atoms with E-state index >= 15 is 0 Å². The predicted octanol–water partition coefficient (Wildman–Crippen LogP) is 3.23. The number of carbonyl (C=O) groups is 1. The molecule has 5 rings (SSSR count). The van der Waals surface area contributed by atoms with Crippen LogP contribution in [0.25, 0.3) is 0 Å². The quantitative estimate of drug-likeness (QED) is 0.706. The number of fused-ring (bicyclic) bond motifs is 5. The van der Waals surface area contributed by atoms with Crippen molar-refractivity contribution in [3.63, 3.8) is 0 Å². The number of carbonyl (C=O) groups excluding carboxylic acids is 1. The maximum absolute atomic E-state index is 13.2. The number of aliphatic hydroxyl groups is 2. The van der Waals surface area contributed by atoms with Crippen LogP contribution in [0, 0.1) is 52.3 Å². The minimum Gasteiger partial charge on any atom is -0.384 e. The van der Waals surface area contributed by atoms with Gasteiger partial charge in [0, 0.05) is 12.1 Å². The molecule has 1 aromatic rings. The van der Waals surface area contributed by atoms with Gasteiger partial charge < -0.3 is 10.2 Å². The molecule has 0 spiro atoms. The fraction of sp³-hybridized carbons (Fsp3) is 0.808. The standard InChI is InChI=1S/C26H37N3O3/c1-24-11-12-26(32,9-3-15-30)16-18(24)4-5-19-20-6-7-22(25(20,2)10-8-21(19)24)23(31)17-29-14-13-27-28-29/h13-14,18-22,30,32H,4-8,10-12,15-17H2,1-2H3/t18-,19+,20+,21+,22-,24+,25+,26-/m1/s1. The summed E-state index contributed by atoms with van der Waals surface area (Å²) in [4.78, 5) is 13.2. The maximum atomic E-state index is 13.2. The van der Waals surface area contributed by atoms with E-state index in [0.717, 1.165) is 38.5 Å². The summed E-state index contributed by atoms with van der Waals surface area (Å²) >= 11 is 0. The molecule has 1 aromatic heterocycles. The van der Waals surface area contributed by atoms with E-state index in [2.05, 4.69) is 36.0 Å². The number of rotatable bonds is 3. The van der Waals surface area contributed by atoms with Gasteiger partial charge in [0.1, 0.15) is 18.8 Å². The van der Waals surface area contributed by atoms with Crippen molar-refractivity contribution in [3.8, 4) is 11.8 Å². The van der Waals surface area contributed by atoms with Gasteiger partial charge in [-0.25, -0.2) is 4.68 Å². The molecule has 0 amide bonds. The van der Waals surface area contributed by atoms with Crippen LogP contribution in [0.5, 0.6) is 0 Å². The third-order valence-corrected chi connectivity index (χ3v) is 10.3. The third kappa shape index (κ3) is 3.44. The Balaban J connectivity index is 1.33. The SMILES string of the molecule is C[C@]12CC[C@](O)(C#CCO)C[C@H]1CC[C@@H]1[C@@H]2CC[C@]2(C)[C@@H](C(=O)Cn3ccnn3)CC[C@@H]12. The average molecular weight is 440 g/mol. The summed E-state index contributed by atoms with van der Waals surface area (Å²) in [6.07, 6.45) is 12.7. The highest BCUT2D eigenvalue weighted by Crippen LogP contribution is 2.68. The van der Waals surface area contributed by atoms with E-state index in [4.69, 9.17) is 5.11 Å². The lowest BCUT2D eigenvalue weighted by atomic mass is 9.44. The van der Waals surface area contributed by atoms with E-state index < -0.39 is 5.60 Å². The molecule has 0 radical (unpaired) electrons. The predicted molar refractivity (Wildman–Crippen MR) is 120 cm³/mol. The van der Waals surface area contributed by atoms with Gasteiger partial charge >= 0.3 is 0 Å². The van der Waals surface area contributed by atoms with Crippen molar-refractivity contribution in [2.24, 2.45) is 40.4 Å². The molecule has 1 heterocycles. The van der Waals surface area contributed by atoms with Gasteiger partial charge in [-0.2, -0.15) is 0 Å². The Morgan fingerprint density at radius 3 is 2.66 bits per heavy atom. The fourth-order valence-electron chi connectivity index (χ4n) is 8.68. The molecule has 4 saturated carbocycles. The van der Waals surface area contributed by atoms with Gasteiger partial charge in [0.25, 0.3) is 0 Å². The molecule has 0 saturated heterocycles. The number of ketones is 1. The van der Waals surface area contributed by atoms with E-state index in [-0.39, 0.29) is 23.4 Å². The van der Waals surface area contributed by atoms with Gasteiger partial charge in [0.2, 0.25) is 0 Å². The normalized spacial score (nSPS) is 45.2. The summed E-state index contributed by atoms with van der Waals surface area (Å²) in [6.45, 7) is 5.02. The first-order valence-electron chi connectivity index (χ1n) is 12.5. The van der Waals surface area contributed by atoms with Gasteiger partial charge in [0.05, 0.1) is 6.20 Å². The van der Waals surface area contributed by atoms with Crippen molar-refractivity contribution in [1.82, 2.24) is 15.0 Å². The van der Waals surface area contributed by atoms with Crippen LogP contribution < -0.4 is 0 Å². The van der Waals surface area contributed by atoms with Gasteiger partial charge in [-0.1, -0.05) is 30.9 Å². The summed E-state index contributed by atoms with van der Waals surface area (Å²) in [6, 6.07) is 0. The highest BCUT2D eigenvalue weighted by Gasteiger charge is 2.62. The number of Topliss-reactive ketones (excluding diaryl/α,β-unsaturated/α-hetero) is 1. The number of aliphatic hydroxyl groups excluding tert-OH is 1. The van der Waals surface area contributed by atoms with E-state index in [1.807, 2.05) is 0 Å². The van der Waals surface area contributed by atoms with Crippen LogP contribution in [0.15, 0.2) is 12.4 Å². The first-order valence-corrected chi connectivity index (χ1v) is 12.5. The Hall–Kier alpha value is -1.71. The number of aromatic nitrogens is 3. The number of hydrogen-bond acceptors (Lipinski definition) is 5. The Bertz CT molecular complexity index is 920. The van der Waals surface area contributed by atoms with Crippen LogP contribution >= 0.6 is 0 Å². The first kappa shape index (κ1) is 22.1. The van der Waals surface area contributed by atoms with Crippen molar-refractivity contribution in [1.29, 1.82) is 0 Å².